The van der Waals surface area contributed by atoms with Crippen molar-refractivity contribution < 1.29 is 4.79 Å². The van der Waals surface area contributed by atoms with E-state index >= 15 is 0 Å². The molecule has 0 aromatic heterocycles. The number of nitrogens with two attached hydrogens (primary N) is 2. The monoisotopic (exact) mass is 562 g/mol. The first-order valence-corrected chi connectivity index (χ1v) is 15.8. The van der Waals surface area contributed by atoms with Gasteiger partial charge in [0.25, 0.3) is 0 Å². The molecule has 0 bridgehead atoms. The Balaban J connectivity index is 1.30. The Morgan fingerprint density at radius 2 is 1.87 bits per heavy atom. The van der Waals surface area contributed by atoms with Crippen LogP contribution in [0.25, 0.3) is 0 Å². The Morgan fingerprint density at radius 1 is 1.13 bits per heavy atom. The van der Waals surface area contributed by atoms with E-state index in [0.717, 1.165) is 83.8 Å². The lowest BCUT2D eigenvalue weighted by Crippen LogP contribution is -2.68. The maximum Gasteiger partial charge on any atom is 0.232 e. The molecule has 39 heavy (non-hydrogen) atoms. The van der Waals surface area contributed by atoms with E-state index in [1.807, 2.05) is 0 Å². The molecule has 5 atom stereocenters. The second kappa shape index (κ2) is 13.3. The molecule has 0 radical (unpaired) electrons. The first-order chi connectivity index (χ1) is 18.8. The van der Waals surface area contributed by atoms with Gasteiger partial charge in [0.15, 0.2) is 0 Å². The fraction of sp³-hybridized carbons (Fsp3) is 0.862. The van der Waals surface area contributed by atoms with Crippen molar-refractivity contribution in [2.45, 2.75) is 81.0 Å². The minimum absolute atomic E-state index is 0.0158. The van der Waals surface area contributed by atoms with Gasteiger partial charge in [0.05, 0.1) is 24.1 Å². The van der Waals surface area contributed by atoms with Crippen LogP contribution in [0.3, 0.4) is 0 Å². The minimum atomic E-state index is -0.805. The Bertz CT molecular complexity index is 889. The number of carbonyl (C=O) groups excluding carboxylic acids is 1. The van der Waals surface area contributed by atoms with Crippen LogP contribution < -0.4 is 22.1 Å². The number of nitrogens with one attached hydrogen (secondary N) is 2. The lowest BCUT2D eigenvalue weighted by molar-refractivity contribution is -0.125. The molecule has 1 spiro atoms. The summed E-state index contributed by atoms with van der Waals surface area (Å²) in [7, 11) is 2.22. The summed E-state index contributed by atoms with van der Waals surface area (Å²) in [5.41, 5.74) is 13.5. The van der Waals surface area contributed by atoms with Crippen LogP contribution in [0, 0.1) is 11.3 Å². The second-order valence-corrected chi connectivity index (χ2v) is 13.4. The van der Waals surface area contributed by atoms with Gasteiger partial charge in [-0.1, -0.05) is 37.8 Å². The van der Waals surface area contributed by atoms with Crippen LogP contribution in [-0.2, 0) is 4.79 Å². The predicted molar refractivity (Wildman–Crippen MR) is 159 cm³/mol. The molecule has 4 heterocycles. The van der Waals surface area contributed by atoms with Crippen molar-refractivity contribution in [3.63, 3.8) is 0 Å². The van der Waals surface area contributed by atoms with Crippen molar-refractivity contribution in [2.24, 2.45) is 27.8 Å². The summed E-state index contributed by atoms with van der Waals surface area (Å²) in [6, 6.07) is 0.884. The molecule has 0 aromatic carbocycles. The van der Waals surface area contributed by atoms with Gasteiger partial charge >= 0.3 is 0 Å². The molecule has 0 aromatic rings. The fourth-order valence-corrected chi connectivity index (χ4v) is 7.86. The van der Waals surface area contributed by atoms with Gasteiger partial charge in [-0.15, -0.1) is 11.6 Å². The van der Waals surface area contributed by atoms with Gasteiger partial charge < -0.3 is 27.0 Å². The number of aliphatic imine (C=N–C) groups is 1. The number of halogens is 1. The summed E-state index contributed by atoms with van der Waals surface area (Å²) >= 11 is 6.61. The molecule has 9 nitrogen and oxygen atoms in total. The number of carbonyl (C=O) groups is 1. The van der Waals surface area contributed by atoms with E-state index in [0.29, 0.717) is 18.6 Å². The van der Waals surface area contributed by atoms with Gasteiger partial charge in [-0.05, 0) is 44.7 Å². The third-order valence-electron chi connectivity index (χ3n) is 9.96. The molecule has 6 N–H and O–H groups in total. The SMILES string of the molecule is CN1CCN2CCN(C3CCNCC3NC(=O)C(/C3=N/CC(Cl)/C=C\C4(CCCCCC4)C3)C(N)N)CC2C1. The highest BCUT2D eigenvalue weighted by Gasteiger charge is 2.41. The number of fused-ring (bicyclic) bond motifs is 1. The maximum atomic E-state index is 14.0. The van der Waals surface area contributed by atoms with E-state index in [1.54, 1.807) is 0 Å². The standard InChI is InChI=1S/C29H51ClN8O/c1-36-12-13-37-14-15-38(20-22(37)19-36)25-7-11-33-18-24(25)35-28(39)26(27(31)32)23-16-29(8-4-2-3-5-9-29)10-6-21(30)17-34-23/h6,10,21-22,24-27,33H,2-5,7-9,11-20,31-32H2,1H3,(H,35,39)/b10-6-,34-23+. The maximum absolute atomic E-state index is 14.0. The molecule has 1 saturated carbocycles. The fourth-order valence-electron chi connectivity index (χ4n) is 7.72. The van der Waals surface area contributed by atoms with Gasteiger partial charge in [-0.2, -0.15) is 0 Å². The van der Waals surface area contributed by atoms with E-state index in [2.05, 4.69) is 44.5 Å². The number of nitrogens with zero attached hydrogens (tertiary/aromatic N) is 4. The zero-order valence-corrected chi connectivity index (χ0v) is 24.6. The van der Waals surface area contributed by atoms with Gasteiger partial charge in [0, 0.05) is 63.6 Å². The first kappa shape index (κ1) is 29.4. The molecule has 4 aliphatic heterocycles. The van der Waals surface area contributed by atoms with Crippen LogP contribution in [0.15, 0.2) is 17.1 Å². The molecule has 1 amide bonds. The van der Waals surface area contributed by atoms with Gasteiger partial charge in [0.2, 0.25) is 5.91 Å². The zero-order chi connectivity index (χ0) is 27.4. The van der Waals surface area contributed by atoms with Crippen LogP contribution in [0.5, 0.6) is 0 Å². The predicted octanol–water partition coefficient (Wildman–Crippen LogP) is 0.973. The quantitative estimate of drug-likeness (QED) is 0.224. The summed E-state index contributed by atoms with van der Waals surface area (Å²) in [6.07, 6.45) is 12.5. The van der Waals surface area contributed by atoms with Crippen molar-refractivity contribution >= 4 is 23.2 Å². The number of likely N-dealkylation sites (N-methyl/N-ethyl adjacent to an activating group) is 1. The van der Waals surface area contributed by atoms with Crippen molar-refractivity contribution in [3.8, 4) is 0 Å². The zero-order valence-electron chi connectivity index (χ0n) is 23.9. The summed E-state index contributed by atoms with van der Waals surface area (Å²) in [5.74, 6) is -0.732. The molecule has 5 rings (SSSR count). The summed E-state index contributed by atoms with van der Waals surface area (Å²) in [5, 5.41) is 6.76. The number of piperazine rings is 2. The number of rotatable bonds is 5. The van der Waals surface area contributed by atoms with E-state index in [1.165, 1.54) is 25.7 Å². The van der Waals surface area contributed by atoms with E-state index in [-0.39, 0.29) is 22.7 Å². The number of piperidine rings is 1. The van der Waals surface area contributed by atoms with Crippen molar-refractivity contribution in [1.29, 1.82) is 0 Å². The minimum Gasteiger partial charge on any atom is -0.350 e. The molecule has 5 aliphatic rings. The van der Waals surface area contributed by atoms with E-state index in [4.69, 9.17) is 28.1 Å². The Hall–Kier alpha value is -1.07. The Labute approximate surface area is 240 Å². The summed E-state index contributed by atoms with van der Waals surface area (Å²) < 4.78 is 0. The van der Waals surface area contributed by atoms with E-state index < -0.39 is 12.1 Å². The molecule has 1 aliphatic carbocycles. The average molecular weight is 563 g/mol. The van der Waals surface area contributed by atoms with Crippen molar-refractivity contribution in [3.05, 3.63) is 12.2 Å². The van der Waals surface area contributed by atoms with Crippen molar-refractivity contribution in [1.82, 2.24) is 25.3 Å². The highest BCUT2D eigenvalue weighted by molar-refractivity contribution is 6.22. The molecular weight excluding hydrogens is 512 g/mol. The first-order valence-electron chi connectivity index (χ1n) is 15.4. The third kappa shape index (κ3) is 7.23. The highest BCUT2D eigenvalue weighted by Crippen LogP contribution is 2.41. The third-order valence-corrected chi connectivity index (χ3v) is 10.2. The Kier molecular flexibility index (Phi) is 10.0. The smallest absolute Gasteiger partial charge is 0.232 e. The molecule has 4 fully saturated rings. The van der Waals surface area contributed by atoms with Crippen LogP contribution >= 0.6 is 11.6 Å². The lowest BCUT2D eigenvalue weighted by Gasteiger charge is -2.50. The molecular formula is C29H51ClN8O. The normalized spacial score (nSPS) is 36.2. The lowest BCUT2D eigenvalue weighted by atomic mass is 9.73. The van der Waals surface area contributed by atoms with Gasteiger partial charge in [0.1, 0.15) is 5.92 Å². The largest absolute Gasteiger partial charge is 0.350 e. The number of hydrogen-bond acceptors (Lipinski definition) is 8. The molecule has 220 valence electrons. The van der Waals surface area contributed by atoms with Gasteiger partial charge in [-0.3, -0.25) is 19.6 Å². The number of amides is 1. The van der Waals surface area contributed by atoms with Crippen molar-refractivity contribution in [2.75, 3.05) is 66.0 Å². The second-order valence-electron chi connectivity index (χ2n) is 12.8. The van der Waals surface area contributed by atoms with Crippen LogP contribution in [-0.4, -0.2) is 122 Å². The van der Waals surface area contributed by atoms with Crippen LogP contribution in [0.2, 0.25) is 0 Å². The van der Waals surface area contributed by atoms with Crippen LogP contribution in [0.4, 0.5) is 0 Å². The summed E-state index contributed by atoms with van der Waals surface area (Å²) in [6.45, 7) is 8.81. The molecule has 5 unspecified atom stereocenters. The summed E-state index contributed by atoms with van der Waals surface area (Å²) in [4.78, 5) is 26.6. The molecule has 3 saturated heterocycles. The number of alkyl halides is 1. The topological polar surface area (TPSA) is 115 Å². The number of hydrogen-bond donors (Lipinski definition) is 4. The Morgan fingerprint density at radius 3 is 2.64 bits per heavy atom. The average Bonchev–Trinajstić information content (AvgIpc) is 3.15. The highest BCUT2D eigenvalue weighted by atomic mass is 35.5. The van der Waals surface area contributed by atoms with Crippen LogP contribution in [0.1, 0.15) is 51.4 Å². The molecule has 10 heteroatoms. The van der Waals surface area contributed by atoms with Gasteiger partial charge in [-0.25, -0.2) is 0 Å². The van der Waals surface area contributed by atoms with E-state index in [9.17, 15) is 4.79 Å². The number of allylic oxidation sites excluding steroid dienone is 1.